The van der Waals surface area contributed by atoms with E-state index in [0.29, 0.717) is 6.61 Å². The monoisotopic (exact) mass is 395 g/mol. The van der Waals surface area contributed by atoms with Crippen molar-refractivity contribution in [3.8, 4) is 0 Å². The highest BCUT2D eigenvalue weighted by Gasteiger charge is 2.45. The summed E-state index contributed by atoms with van der Waals surface area (Å²) in [5.41, 5.74) is -0.294. The van der Waals surface area contributed by atoms with Gasteiger partial charge in [0.05, 0.1) is 12.9 Å². The fraction of sp³-hybridized carbons (Fsp3) is 0.647. The maximum atomic E-state index is 12.3. The van der Waals surface area contributed by atoms with Crippen LogP contribution >= 0.6 is 0 Å². The standard InChI is InChI=1S/C17H25N5O6/c1-4-5-27-12-11(24)9(6-23)28-16(12)22-7-18-10-13(22)19-17(21-15(10)26)20-14(25)8(2)3/h7-9,11-12,16,23-24H,4-6H2,1-3H3,(H2,19,20,21,25,26)/t9-,11?,12?,16-/m1/s1. The summed E-state index contributed by atoms with van der Waals surface area (Å²) < 4.78 is 12.9. The van der Waals surface area contributed by atoms with E-state index in [-0.39, 0.29) is 35.5 Å². The number of aromatic amines is 1. The van der Waals surface area contributed by atoms with Gasteiger partial charge >= 0.3 is 0 Å². The molecular formula is C17H25N5O6. The molecule has 2 aromatic rings. The summed E-state index contributed by atoms with van der Waals surface area (Å²) in [6, 6.07) is 0. The van der Waals surface area contributed by atoms with Crippen LogP contribution < -0.4 is 10.9 Å². The molecule has 1 aliphatic heterocycles. The zero-order valence-electron chi connectivity index (χ0n) is 16.0. The molecule has 11 nitrogen and oxygen atoms in total. The lowest BCUT2D eigenvalue weighted by Crippen LogP contribution is -2.35. The quantitative estimate of drug-likeness (QED) is 0.501. The number of amides is 1. The van der Waals surface area contributed by atoms with Crippen molar-refractivity contribution in [3.05, 3.63) is 16.7 Å². The van der Waals surface area contributed by atoms with E-state index in [9.17, 15) is 19.8 Å². The van der Waals surface area contributed by atoms with Crippen LogP contribution in [0.1, 0.15) is 33.4 Å². The number of carbonyl (C=O) groups is 1. The van der Waals surface area contributed by atoms with E-state index in [1.807, 2.05) is 6.92 Å². The van der Waals surface area contributed by atoms with Gasteiger partial charge in [0.2, 0.25) is 11.9 Å². The second-order valence-corrected chi connectivity index (χ2v) is 6.96. The van der Waals surface area contributed by atoms with Gasteiger partial charge in [-0.05, 0) is 6.42 Å². The number of hydrogen-bond acceptors (Lipinski definition) is 8. The summed E-state index contributed by atoms with van der Waals surface area (Å²) in [5.74, 6) is -0.608. The van der Waals surface area contributed by atoms with Crippen molar-refractivity contribution in [2.24, 2.45) is 5.92 Å². The maximum Gasteiger partial charge on any atom is 0.280 e. The summed E-state index contributed by atoms with van der Waals surface area (Å²) >= 11 is 0. The molecule has 0 aliphatic carbocycles. The van der Waals surface area contributed by atoms with E-state index >= 15 is 0 Å². The molecule has 0 saturated carbocycles. The number of aromatic nitrogens is 4. The number of nitrogens with one attached hydrogen (secondary N) is 2. The number of anilines is 1. The zero-order valence-corrected chi connectivity index (χ0v) is 16.0. The number of ether oxygens (including phenoxy) is 2. The van der Waals surface area contributed by atoms with Crippen LogP contribution in [-0.4, -0.2) is 67.2 Å². The van der Waals surface area contributed by atoms with E-state index in [1.54, 1.807) is 13.8 Å². The molecule has 2 aromatic heterocycles. The third-order valence-corrected chi connectivity index (χ3v) is 4.48. The SMILES string of the molecule is CCCOC1C(O)[C@@H](CO)O[C@H]1n1cnc2c(=O)[nH]c(NC(=O)C(C)C)nc21. The number of aliphatic hydroxyl groups excluding tert-OH is 2. The van der Waals surface area contributed by atoms with Crippen LogP contribution in [-0.2, 0) is 14.3 Å². The number of aliphatic hydroxyl groups is 2. The van der Waals surface area contributed by atoms with Gasteiger partial charge in [-0.2, -0.15) is 4.98 Å². The number of carbonyl (C=O) groups excluding carboxylic acids is 1. The first-order valence-corrected chi connectivity index (χ1v) is 9.21. The van der Waals surface area contributed by atoms with Crippen LogP contribution in [0.5, 0.6) is 0 Å². The molecule has 154 valence electrons. The minimum atomic E-state index is -1.05. The van der Waals surface area contributed by atoms with Crippen molar-refractivity contribution in [3.63, 3.8) is 0 Å². The highest BCUT2D eigenvalue weighted by atomic mass is 16.6. The number of hydrogen-bond donors (Lipinski definition) is 4. The molecule has 1 amide bonds. The molecular weight excluding hydrogens is 370 g/mol. The third-order valence-electron chi connectivity index (χ3n) is 4.48. The molecule has 1 fully saturated rings. The normalized spacial score (nSPS) is 24.9. The van der Waals surface area contributed by atoms with Gasteiger partial charge < -0.3 is 19.7 Å². The fourth-order valence-electron chi connectivity index (χ4n) is 2.96. The number of nitrogens with zero attached hydrogens (tertiary/aromatic N) is 3. The van der Waals surface area contributed by atoms with Gasteiger partial charge in [-0.25, -0.2) is 4.98 Å². The lowest BCUT2D eigenvalue weighted by molar-refractivity contribution is -0.118. The van der Waals surface area contributed by atoms with Gasteiger partial charge in [-0.1, -0.05) is 20.8 Å². The Morgan fingerprint density at radius 3 is 2.89 bits per heavy atom. The topological polar surface area (TPSA) is 152 Å². The van der Waals surface area contributed by atoms with E-state index in [4.69, 9.17) is 9.47 Å². The average Bonchev–Trinajstić information content (AvgIpc) is 3.21. The van der Waals surface area contributed by atoms with Crippen molar-refractivity contribution in [1.29, 1.82) is 0 Å². The predicted octanol–water partition coefficient (Wildman–Crippen LogP) is -0.240. The highest BCUT2D eigenvalue weighted by Crippen LogP contribution is 2.33. The average molecular weight is 395 g/mol. The zero-order chi connectivity index (χ0) is 20.4. The molecule has 1 saturated heterocycles. The Bertz CT molecular complexity index is 894. The molecule has 1 aliphatic rings. The van der Waals surface area contributed by atoms with Gasteiger partial charge in [0, 0.05) is 12.5 Å². The number of imidazole rings is 1. The van der Waals surface area contributed by atoms with E-state index in [2.05, 4.69) is 20.3 Å². The summed E-state index contributed by atoms with van der Waals surface area (Å²) in [4.78, 5) is 35.1. The van der Waals surface area contributed by atoms with Crippen LogP contribution in [0.3, 0.4) is 0 Å². The molecule has 3 heterocycles. The third kappa shape index (κ3) is 3.78. The van der Waals surface area contributed by atoms with Crippen molar-refractivity contribution in [1.82, 2.24) is 19.5 Å². The minimum Gasteiger partial charge on any atom is -0.394 e. The summed E-state index contributed by atoms with van der Waals surface area (Å²) in [6.07, 6.45) is -1.42. The van der Waals surface area contributed by atoms with Crippen LogP contribution in [0.15, 0.2) is 11.1 Å². The van der Waals surface area contributed by atoms with Crippen LogP contribution in [0.4, 0.5) is 5.95 Å². The van der Waals surface area contributed by atoms with E-state index in [0.717, 1.165) is 6.42 Å². The molecule has 0 aromatic carbocycles. The van der Waals surface area contributed by atoms with Gasteiger partial charge in [0.15, 0.2) is 17.4 Å². The lowest BCUT2D eigenvalue weighted by Gasteiger charge is -2.21. The second kappa shape index (κ2) is 8.35. The number of rotatable bonds is 7. The first kappa shape index (κ1) is 20.4. The molecule has 4 atom stereocenters. The lowest BCUT2D eigenvalue weighted by atomic mass is 10.1. The molecule has 0 bridgehead atoms. The molecule has 28 heavy (non-hydrogen) atoms. The largest absolute Gasteiger partial charge is 0.394 e. The van der Waals surface area contributed by atoms with Gasteiger partial charge in [-0.15, -0.1) is 0 Å². The first-order chi connectivity index (χ1) is 13.4. The van der Waals surface area contributed by atoms with Crippen molar-refractivity contribution in [2.45, 2.75) is 51.7 Å². The Kier molecular flexibility index (Phi) is 6.08. The maximum absolute atomic E-state index is 12.3. The second-order valence-electron chi connectivity index (χ2n) is 6.96. The Labute approximate surface area is 160 Å². The smallest absolute Gasteiger partial charge is 0.280 e. The Hall–Kier alpha value is -2.34. The van der Waals surface area contributed by atoms with Gasteiger partial charge in [0.25, 0.3) is 5.56 Å². The number of H-pyrrole nitrogens is 1. The van der Waals surface area contributed by atoms with Gasteiger partial charge in [-0.3, -0.25) is 24.5 Å². The van der Waals surface area contributed by atoms with Crippen LogP contribution in [0, 0.1) is 5.92 Å². The number of fused-ring (bicyclic) bond motifs is 1. The summed E-state index contributed by atoms with van der Waals surface area (Å²) in [7, 11) is 0. The van der Waals surface area contributed by atoms with E-state index < -0.39 is 30.1 Å². The summed E-state index contributed by atoms with van der Waals surface area (Å²) in [5, 5.41) is 22.4. The molecule has 0 spiro atoms. The molecule has 0 radical (unpaired) electrons. The highest BCUT2D eigenvalue weighted by molar-refractivity contribution is 5.91. The minimum absolute atomic E-state index is 0.0127. The fourth-order valence-corrected chi connectivity index (χ4v) is 2.96. The van der Waals surface area contributed by atoms with Crippen molar-refractivity contribution in [2.75, 3.05) is 18.5 Å². The Balaban J connectivity index is 2.00. The predicted molar refractivity (Wildman–Crippen MR) is 98.7 cm³/mol. The Morgan fingerprint density at radius 1 is 1.50 bits per heavy atom. The summed E-state index contributed by atoms with van der Waals surface area (Å²) in [6.45, 7) is 5.36. The molecule has 2 unspecified atom stereocenters. The van der Waals surface area contributed by atoms with Crippen LogP contribution in [0.25, 0.3) is 11.2 Å². The Morgan fingerprint density at radius 2 is 2.25 bits per heavy atom. The molecule has 4 N–H and O–H groups in total. The van der Waals surface area contributed by atoms with Crippen LogP contribution in [0.2, 0.25) is 0 Å². The van der Waals surface area contributed by atoms with Crippen molar-refractivity contribution >= 4 is 23.0 Å². The van der Waals surface area contributed by atoms with E-state index in [1.165, 1.54) is 10.9 Å². The molecule has 3 rings (SSSR count). The molecule has 11 heteroatoms. The van der Waals surface area contributed by atoms with Crippen molar-refractivity contribution < 1.29 is 24.5 Å². The first-order valence-electron chi connectivity index (χ1n) is 9.21. The van der Waals surface area contributed by atoms with Gasteiger partial charge in [0.1, 0.15) is 18.3 Å².